The first kappa shape index (κ1) is 35.4. The molecule has 3 aromatic carbocycles. The standard InChI is InChI=1S/2C14H22O.C6H7O3P/c2*1-13(2,3)10-7-8-12(15)11(9-10)14(4,5)6;7-10(8)9-6-4-2-1-3-5-6/h2*7-9,15H,1-6H3;1-5,7-8H. The van der Waals surface area contributed by atoms with Crippen LogP contribution in [0.1, 0.15) is 105 Å². The van der Waals surface area contributed by atoms with Crippen molar-refractivity contribution in [2.24, 2.45) is 0 Å². The molecular formula is C34H51O5P. The van der Waals surface area contributed by atoms with Gasteiger partial charge in [-0.1, -0.05) is 126 Å². The number of hydrogen-bond donors (Lipinski definition) is 4. The maximum absolute atomic E-state index is 9.84. The Labute approximate surface area is 243 Å². The third-order valence-corrected chi connectivity index (χ3v) is 6.65. The molecule has 0 aliphatic heterocycles. The minimum absolute atomic E-state index is 0.00859. The SMILES string of the molecule is CC(C)(C)c1ccc(O)c(C(C)(C)C)c1.CC(C)(C)c1ccc(O)c(C(C)(C)C)c1.OP(O)Oc1ccccc1. The van der Waals surface area contributed by atoms with Crippen molar-refractivity contribution in [3.63, 3.8) is 0 Å². The van der Waals surface area contributed by atoms with Gasteiger partial charge in [0, 0.05) is 0 Å². The Balaban J connectivity index is 0.000000307. The topological polar surface area (TPSA) is 90.2 Å². The molecule has 6 heteroatoms. The molecule has 5 nitrogen and oxygen atoms in total. The molecule has 0 spiro atoms. The second kappa shape index (κ2) is 13.9. The van der Waals surface area contributed by atoms with Gasteiger partial charge in [0.25, 0.3) is 0 Å². The molecule has 0 fully saturated rings. The summed E-state index contributed by atoms with van der Waals surface area (Å²) in [6.45, 7) is 25.8. The Morgan fingerprint density at radius 2 is 0.850 bits per heavy atom. The highest BCUT2D eigenvalue weighted by Crippen LogP contribution is 2.35. The van der Waals surface area contributed by atoms with Crippen molar-refractivity contribution in [1.82, 2.24) is 0 Å². The summed E-state index contributed by atoms with van der Waals surface area (Å²) in [5.41, 5.74) is 4.83. The maximum Gasteiger partial charge on any atom is 0.391 e. The van der Waals surface area contributed by atoms with Gasteiger partial charge in [0.2, 0.25) is 0 Å². The maximum atomic E-state index is 9.84. The largest absolute Gasteiger partial charge is 0.508 e. The van der Waals surface area contributed by atoms with Crippen LogP contribution in [0, 0.1) is 0 Å². The van der Waals surface area contributed by atoms with Crippen LogP contribution in [0.25, 0.3) is 0 Å². The van der Waals surface area contributed by atoms with E-state index in [0.717, 1.165) is 11.1 Å². The molecule has 0 unspecified atom stereocenters. The van der Waals surface area contributed by atoms with E-state index >= 15 is 0 Å². The molecule has 4 N–H and O–H groups in total. The second-order valence-corrected chi connectivity index (χ2v) is 14.8. The van der Waals surface area contributed by atoms with Crippen LogP contribution in [0.5, 0.6) is 17.2 Å². The summed E-state index contributed by atoms with van der Waals surface area (Å²) in [6.07, 6.45) is 0. The molecule has 0 heterocycles. The van der Waals surface area contributed by atoms with E-state index in [1.54, 1.807) is 36.4 Å². The van der Waals surface area contributed by atoms with Gasteiger partial charge >= 0.3 is 8.60 Å². The molecule has 0 radical (unpaired) electrons. The van der Waals surface area contributed by atoms with Gasteiger partial charge in [-0.25, -0.2) is 0 Å². The van der Waals surface area contributed by atoms with Gasteiger partial charge in [-0.15, -0.1) is 0 Å². The lowest BCUT2D eigenvalue weighted by molar-refractivity contribution is 0.375. The predicted octanol–water partition coefficient (Wildman–Crippen LogP) is 9.25. The number of rotatable bonds is 2. The summed E-state index contributed by atoms with van der Waals surface area (Å²) >= 11 is 0. The average Bonchev–Trinajstić information content (AvgIpc) is 2.77. The van der Waals surface area contributed by atoms with Gasteiger partial charge in [-0.2, -0.15) is 0 Å². The van der Waals surface area contributed by atoms with E-state index in [-0.39, 0.29) is 21.7 Å². The molecule has 0 aliphatic rings. The first-order valence-corrected chi connectivity index (χ1v) is 14.8. The lowest BCUT2D eigenvalue weighted by Gasteiger charge is -2.25. The molecule has 0 bridgehead atoms. The fraction of sp³-hybridized carbons (Fsp3) is 0.471. The summed E-state index contributed by atoms with van der Waals surface area (Å²) in [5, 5.41) is 19.7. The fourth-order valence-electron chi connectivity index (χ4n) is 3.78. The van der Waals surface area contributed by atoms with Crippen LogP contribution in [0.4, 0.5) is 0 Å². The van der Waals surface area contributed by atoms with Crippen molar-refractivity contribution < 1.29 is 24.5 Å². The number of aromatic hydroxyl groups is 2. The van der Waals surface area contributed by atoms with Crippen molar-refractivity contribution in [1.29, 1.82) is 0 Å². The van der Waals surface area contributed by atoms with Gasteiger partial charge in [0.05, 0.1) is 0 Å². The Morgan fingerprint density at radius 3 is 1.12 bits per heavy atom. The number of para-hydroxylation sites is 1. The molecule has 40 heavy (non-hydrogen) atoms. The van der Waals surface area contributed by atoms with Crippen molar-refractivity contribution in [2.45, 2.75) is 105 Å². The van der Waals surface area contributed by atoms with Crippen molar-refractivity contribution >= 4 is 8.60 Å². The zero-order valence-electron chi connectivity index (χ0n) is 26.5. The first-order valence-electron chi connectivity index (χ1n) is 13.6. The first-order chi connectivity index (χ1) is 18.0. The summed E-state index contributed by atoms with van der Waals surface area (Å²) < 4.78 is 4.59. The summed E-state index contributed by atoms with van der Waals surface area (Å²) in [7, 11) is -2.28. The minimum Gasteiger partial charge on any atom is -0.508 e. The smallest absolute Gasteiger partial charge is 0.391 e. The van der Waals surface area contributed by atoms with E-state index in [9.17, 15) is 10.2 Å². The highest BCUT2D eigenvalue weighted by molar-refractivity contribution is 7.39. The number of hydrogen-bond acceptors (Lipinski definition) is 5. The number of benzene rings is 3. The van der Waals surface area contributed by atoms with Gasteiger partial charge in [0.15, 0.2) is 0 Å². The van der Waals surface area contributed by atoms with E-state index in [0.29, 0.717) is 17.2 Å². The van der Waals surface area contributed by atoms with E-state index in [2.05, 4.69) is 99.7 Å². The van der Waals surface area contributed by atoms with Gasteiger partial charge < -0.3 is 24.5 Å². The Hall–Kier alpha value is -2.59. The van der Waals surface area contributed by atoms with Crippen LogP contribution in [-0.4, -0.2) is 20.0 Å². The minimum atomic E-state index is -2.28. The Bertz CT molecular complexity index is 1120. The third kappa shape index (κ3) is 11.9. The predicted molar refractivity (Wildman–Crippen MR) is 169 cm³/mol. The number of phenols is 2. The quantitative estimate of drug-likeness (QED) is 0.231. The monoisotopic (exact) mass is 570 g/mol. The van der Waals surface area contributed by atoms with Gasteiger partial charge in [-0.05, 0) is 68.2 Å². The Kier molecular flexibility index (Phi) is 12.3. The highest BCUT2D eigenvalue weighted by Gasteiger charge is 2.23. The Morgan fingerprint density at radius 1 is 0.500 bits per heavy atom. The number of phenolic OH excluding ortho intramolecular Hbond substituents is 2. The molecule has 3 aromatic rings. The van der Waals surface area contributed by atoms with Crippen molar-refractivity contribution in [3.05, 3.63) is 89.0 Å². The van der Waals surface area contributed by atoms with E-state index in [1.807, 2.05) is 18.2 Å². The van der Waals surface area contributed by atoms with Crippen LogP contribution in [-0.2, 0) is 21.7 Å². The van der Waals surface area contributed by atoms with Crippen molar-refractivity contribution in [3.8, 4) is 17.2 Å². The summed E-state index contributed by atoms with van der Waals surface area (Å²) in [4.78, 5) is 16.8. The zero-order chi connectivity index (χ0) is 31.1. The van der Waals surface area contributed by atoms with E-state index in [1.165, 1.54) is 11.1 Å². The summed E-state index contributed by atoms with van der Waals surface area (Å²) in [6, 6.07) is 20.5. The van der Waals surface area contributed by atoms with Gasteiger partial charge in [-0.3, -0.25) is 0 Å². The molecule has 0 amide bonds. The molecule has 0 saturated heterocycles. The van der Waals surface area contributed by atoms with Crippen LogP contribution in [0.3, 0.4) is 0 Å². The molecule has 0 aliphatic carbocycles. The van der Waals surface area contributed by atoms with Crippen LogP contribution < -0.4 is 4.52 Å². The van der Waals surface area contributed by atoms with Crippen LogP contribution in [0.2, 0.25) is 0 Å². The lowest BCUT2D eigenvalue weighted by Crippen LogP contribution is -2.16. The van der Waals surface area contributed by atoms with E-state index < -0.39 is 8.60 Å². The second-order valence-electron chi connectivity index (χ2n) is 14.1. The summed E-state index contributed by atoms with van der Waals surface area (Å²) in [5.74, 6) is 1.27. The molecule has 222 valence electrons. The lowest BCUT2D eigenvalue weighted by atomic mass is 9.80. The molecule has 0 saturated carbocycles. The third-order valence-electron chi connectivity index (χ3n) is 6.27. The highest BCUT2D eigenvalue weighted by atomic mass is 31.2. The van der Waals surface area contributed by atoms with Crippen LogP contribution >= 0.6 is 8.60 Å². The van der Waals surface area contributed by atoms with Crippen LogP contribution in [0.15, 0.2) is 66.7 Å². The van der Waals surface area contributed by atoms with Gasteiger partial charge in [0.1, 0.15) is 17.2 Å². The molecule has 0 aromatic heterocycles. The van der Waals surface area contributed by atoms with Crippen molar-refractivity contribution in [2.75, 3.05) is 0 Å². The fourth-order valence-corrected chi connectivity index (χ4v) is 4.09. The average molecular weight is 571 g/mol. The zero-order valence-corrected chi connectivity index (χ0v) is 27.4. The molecular weight excluding hydrogens is 519 g/mol. The van der Waals surface area contributed by atoms with E-state index in [4.69, 9.17) is 9.79 Å². The molecule has 3 rings (SSSR count). The normalized spacial score (nSPS) is 12.2. The molecule has 0 atom stereocenters.